The Morgan fingerprint density at radius 3 is 2.78 bits per heavy atom. The monoisotopic (exact) mass is 431 g/mol. The number of aliphatic imine (C=N–C) groups is 1. The molecule has 0 amide bonds. The number of aryl methyl sites for hydroxylation is 1. The minimum absolute atomic E-state index is 0. The van der Waals surface area contributed by atoms with Gasteiger partial charge < -0.3 is 15.4 Å². The van der Waals surface area contributed by atoms with Gasteiger partial charge in [0, 0.05) is 19.1 Å². The third-order valence-electron chi connectivity index (χ3n) is 4.07. The van der Waals surface area contributed by atoms with Crippen molar-refractivity contribution in [3.8, 4) is 5.75 Å². The first kappa shape index (κ1) is 20.1. The second-order valence-electron chi connectivity index (χ2n) is 5.84. The number of nitrogens with one attached hydrogen (secondary N) is 2. The number of rotatable bonds is 7. The highest BCUT2D eigenvalue weighted by molar-refractivity contribution is 14.0. The van der Waals surface area contributed by atoms with E-state index < -0.39 is 0 Å². The van der Waals surface area contributed by atoms with Gasteiger partial charge in [-0.15, -0.1) is 24.0 Å². The van der Waals surface area contributed by atoms with Crippen molar-refractivity contribution in [3.63, 3.8) is 0 Å². The minimum atomic E-state index is 0. The van der Waals surface area contributed by atoms with Gasteiger partial charge in [-0.3, -0.25) is 4.99 Å². The van der Waals surface area contributed by atoms with E-state index in [1.165, 1.54) is 31.2 Å². The molecule has 1 aliphatic rings. The van der Waals surface area contributed by atoms with Gasteiger partial charge in [-0.1, -0.05) is 25.0 Å². The Morgan fingerprint density at radius 1 is 1.30 bits per heavy atom. The fraction of sp³-hybridized carbons (Fsp3) is 0.611. The molecule has 23 heavy (non-hydrogen) atoms. The molecule has 1 aromatic carbocycles. The number of nitrogens with zero attached hydrogens (tertiary/aromatic N) is 1. The lowest BCUT2D eigenvalue weighted by atomic mass is 10.1. The summed E-state index contributed by atoms with van der Waals surface area (Å²) < 4.78 is 5.26. The zero-order valence-corrected chi connectivity index (χ0v) is 16.6. The molecule has 2 N–H and O–H groups in total. The van der Waals surface area contributed by atoms with E-state index in [-0.39, 0.29) is 24.0 Å². The Morgan fingerprint density at radius 2 is 2.09 bits per heavy atom. The summed E-state index contributed by atoms with van der Waals surface area (Å²) in [5.74, 6) is 1.90. The maximum absolute atomic E-state index is 5.26. The van der Waals surface area contributed by atoms with Gasteiger partial charge >= 0.3 is 0 Å². The number of hydrogen-bond donors (Lipinski definition) is 2. The first-order valence-electron chi connectivity index (χ1n) is 8.49. The van der Waals surface area contributed by atoms with E-state index in [2.05, 4.69) is 29.7 Å². The fourth-order valence-corrected chi connectivity index (χ4v) is 2.89. The van der Waals surface area contributed by atoms with Crippen molar-refractivity contribution < 1.29 is 4.74 Å². The molecule has 0 saturated heterocycles. The first-order chi connectivity index (χ1) is 10.8. The second-order valence-corrected chi connectivity index (χ2v) is 5.84. The maximum atomic E-state index is 5.26. The molecular weight excluding hydrogens is 401 g/mol. The number of hydrogen-bond acceptors (Lipinski definition) is 2. The van der Waals surface area contributed by atoms with E-state index in [9.17, 15) is 0 Å². The molecule has 5 heteroatoms. The Bertz CT molecular complexity index is 473. The molecule has 130 valence electrons. The van der Waals surface area contributed by atoms with Crippen molar-refractivity contribution in [1.29, 1.82) is 0 Å². The topological polar surface area (TPSA) is 45.7 Å². The van der Waals surface area contributed by atoms with Crippen molar-refractivity contribution in [2.24, 2.45) is 4.99 Å². The van der Waals surface area contributed by atoms with Crippen molar-refractivity contribution in [2.75, 3.05) is 20.2 Å². The largest absolute Gasteiger partial charge is 0.497 e. The van der Waals surface area contributed by atoms with E-state index in [1.54, 1.807) is 7.11 Å². The van der Waals surface area contributed by atoms with Gasteiger partial charge in [0.15, 0.2) is 5.96 Å². The van der Waals surface area contributed by atoms with Crippen LogP contribution in [-0.4, -0.2) is 32.2 Å². The maximum Gasteiger partial charge on any atom is 0.191 e. The number of benzene rings is 1. The van der Waals surface area contributed by atoms with Crippen LogP contribution in [0.3, 0.4) is 0 Å². The number of guanidine groups is 1. The molecule has 0 heterocycles. The summed E-state index contributed by atoms with van der Waals surface area (Å²) in [6.45, 7) is 3.87. The fourth-order valence-electron chi connectivity index (χ4n) is 2.89. The summed E-state index contributed by atoms with van der Waals surface area (Å²) in [7, 11) is 1.71. The normalized spacial score (nSPS) is 15.1. The molecule has 1 aliphatic carbocycles. The van der Waals surface area contributed by atoms with Gasteiger partial charge in [0.1, 0.15) is 5.75 Å². The van der Waals surface area contributed by atoms with E-state index in [0.29, 0.717) is 6.04 Å². The molecule has 0 atom stereocenters. The Hall–Kier alpha value is -0.980. The van der Waals surface area contributed by atoms with Crippen LogP contribution in [0.15, 0.2) is 29.3 Å². The van der Waals surface area contributed by atoms with Gasteiger partial charge in [-0.2, -0.15) is 0 Å². The summed E-state index contributed by atoms with van der Waals surface area (Å²) in [4.78, 5) is 4.70. The molecule has 4 nitrogen and oxygen atoms in total. The summed E-state index contributed by atoms with van der Waals surface area (Å²) in [6.07, 6.45) is 7.31. The van der Waals surface area contributed by atoms with Crippen LogP contribution in [0.4, 0.5) is 0 Å². The van der Waals surface area contributed by atoms with Crippen LogP contribution in [0.25, 0.3) is 0 Å². The highest BCUT2D eigenvalue weighted by atomic mass is 127. The predicted molar refractivity (Wildman–Crippen MR) is 108 cm³/mol. The molecule has 2 rings (SSSR count). The summed E-state index contributed by atoms with van der Waals surface area (Å²) in [6, 6.07) is 8.88. The van der Waals surface area contributed by atoms with Crippen LogP contribution in [-0.2, 0) is 6.42 Å². The molecule has 1 saturated carbocycles. The Balaban J connectivity index is 0.00000264. The summed E-state index contributed by atoms with van der Waals surface area (Å²) >= 11 is 0. The molecule has 0 bridgehead atoms. The van der Waals surface area contributed by atoms with Gasteiger partial charge in [-0.05, 0) is 50.3 Å². The lowest BCUT2D eigenvalue weighted by molar-refractivity contribution is 0.414. The SMILES string of the molecule is CCNC(=NCCCc1cccc(OC)c1)NC1CCCC1.I. The van der Waals surface area contributed by atoms with E-state index in [1.807, 2.05) is 12.1 Å². The van der Waals surface area contributed by atoms with Crippen molar-refractivity contribution in [3.05, 3.63) is 29.8 Å². The zero-order chi connectivity index (χ0) is 15.6. The molecule has 0 unspecified atom stereocenters. The predicted octanol–water partition coefficient (Wildman–Crippen LogP) is 3.74. The zero-order valence-electron chi connectivity index (χ0n) is 14.3. The summed E-state index contributed by atoms with van der Waals surface area (Å²) in [5.41, 5.74) is 1.31. The minimum Gasteiger partial charge on any atom is -0.497 e. The number of halogens is 1. The molecule has 0 spiro atoms. The van der Waals surface area contributed by atoms with Crippen molar-refractivity contribution >= 4 is 29.9 Å². The molecule has 0 radical (unpaired) electrons. The smallest absolute Gasteiger partial charge is 0.191 e. The van der Waals surface area contributed by atoms with Crippen LogP contribution < -0.4 is 15.4 Å². The molecule has 0 aromatic heterocycles. The van der Waals surface area contributed by atoms with Crippen LogP contribution in [0.2, 0.25) is 0 Å². The third-order valence-corrected chi connectivity index (χ3v) is 4.07. The van der Waals surface area contributed by atoms with Crippen LogP contribution in [0.5, 0.6) is 5.75 Å². The molecular formula is C18H30IN3O. The average molecular weight is 431 g/mol. The Kier molecular flexibility index (Phi) is 10.1. The lowest BCUT2D eigenvalue weighted by Crippen LogP contribution is -2.42. The van der Waals surface area contributed by atoms with E-state index in [4.69, 9.17) is 9.73 Å². The lowest BCUT2D eigenvalue weighted by Gasteiger charge is -2.16. The van der Waals surface area contributed by atoms with Gasteiger partial charge in [0.25, 0.3) is 0 Å². The first-order valence-corrected chi connectivity index (χ1v) is 8.49. The number of ether oxygens (including phenoxy) is 1. The Labute approximate surface area is 157 Å². The van der Waals surface area contributed by atoms with Crippen LogP contribution in [0, 0.1) is 0 Å². The highest BCUT2D eigenvalue weighted by Crippen LogP contribution is 2.17. The molecule has 1 fully saturated rings. The quantitative estimate of drug-likeness (QED) is 0.299. The van der Waals surface area contributed by atoms with Crippen molar-refractivity contribution in [1.82, 2.24) is 10.6 Å². The number of methoxy groups -OCH3 is 1. The molecule has 1 aromatic rings. The van der Waals surface area contributed by atoms with Crippen LogP contribution in [0.1, 0.15) is 44.6 Å². The van der Waals surface area contributed by atoms with E-state index >= 15 is 0 Å². The third kappa shape index (κ3) is 7.42. The van der Waals surface area contributed by atoms with E-state index in [0.717, 1.165) is 37.6 Å². The molecule has 0 aliphatic heterocycles. The van der Waals surface area contributed by atoms with Gasteiger partial charge in [-0.25, -0.2) is 0 Å². The second kappa shape index (κ2) is 11.5. The average Bonchev–Trinajstić information content (AvgIpc) is 3.05. The van der Waals surface area contributed by atoms with Gasteiger partial charge in [0.2, 0.25) is 0 Å². The standard InChI is InChI=1S/C18H29N3O.HI/c1-3-19-18(21-16-10-4-5-11-16)20-13-7-9-15-8-6-12-17(14-15)22-2;/h6,8,12,14,16H,3-5,7,9-11,13H2,1-2H3,(H2,19,20,21);1H. The summed E-state index contributed by atoms with van der Waals surface area (Å²) in [5, 5.41) is 6.90. The van der Waals surface area contributed by atoms with Crippen molar-refractivity contribution in [2.45, 2.75) is 51.5 Å². The van der Waals surface area contributed by atoms with Gasteiger partial charge in [0.05, 0.1) is 7.11 Å². The van der Waals surface area contributed by atoms with Crippen LogP contribution >= 0.6 is 24.0 Å². The highest BCUT2D eigenvalue weighted by Gasteiger charge is 2.15.